The predicted molar refractivity (Wildman–Crippen MR) is 114 cm³/mol. The van der Waals surface area contributed by atoms with Crippen molar-refractivity contribution in [1.29, 1.82) is 5.26 Å². The molecule has 1 aromatic carbocycles. The molecule has 29 heavy (non-hydrogen) atoms. The maximum absolute atomic E-state index is 13.0. The van der Waals surface area contributed by atoms with Crippen LogP contribution in [0.3, 0.4) is 0 Å². The van der Waals surface area contributed by atoms with Crippen molar-refractivity contribution in [2.45, 2.75) is 38.1 Å². The van der Waals surface area contributed by atoms with Crippen molar-refractivity contribution < 1.29 is 4.79 Å². The number of likely N-dealkylation sites (tertiary alicyclic amines) is 2. The highest BCUT2D eigenvalue weighted by Gasteiger charge is 2.31. The van der Waals surface area contributed by atoms with Gasteiger partial charge in [-0.2, -0.15) is 5.26 Å². The molecule has 2 amide bonds. The van der Waals surface area contributed by atoms with Crippen LogP contribution in [0.2, 0.25) is 0 Å². The Bertz CT molecular complexity index is 929. The van der Waals surface area contributed by atoms with Crippen molar-refractivity contribution in [3.63, 3.8) is 0 Å². The first kappa shape index (κ1) is 19.7. The van der Waals surface area contributed by atoms with Crippen LogP contribution in [0.1, 0.15) is 43.2 Å². The van der Waals surface area contributed by atoms with E-state index in [4.69, 9.17) is 0 Å². The number of amides is 2. The van der Waals surface area contributed by atoms with Gasteiger partial charge in [-0.25, -0.2) is 4.79 Å². The molecule has 6 nitrogen and oxygen atoms in total. The lowest BCUT2D eigenvalue weighted by atomic mass is 9.83. The first-order valence-electron chi connectivity index (χ1n) is 10.6. The molecule has 2 aliphatic rings. The molecule has 2 fully saturated rings. The Morgan fingerprint density at radius 3 is 2.79 bits per heavy atom. The smallest absolute Gasteiger partial charge is 0.317 e. The minimum atomic E-state index is 0.0622. The lowest BCUT2D eigenvalue weighted by molar-refractivity contribution is 0.150. The Hall–Kier alpha value is -2.65. The molecule has 1 unspecified atom stereocenters. The topological polar surface area (TPSA) is 72.3 Å². The number of nitrogens with one attached hydrogen (secondary N) is 1. The summed E-state index contributed by atoms with van der Waals surface area (Å²) in [4.78, 5) is 21.7. The van der Waals surface area contributed by atoms with Crippen molar-refractivity contribution in [2.75, 3.05) is 33.2 Å². The largest absolute Gasteiger partial charge is 0.335 e. The van der Waals surface area contributed by atoms with Crippen LogP contribution in [-0.4, -0.2) is 60.1 Å². The van der Waals surface area contributed by atoms with Crippen LogP contribution in [0.25, 0.3) is 10.9 Å². The van der Waals surface area contributed by atoms with E-state index in [1.165, 1.54) is 5.56 Å². The maximum atomic E-state index is 13.0. The molecule has 2 aliphatic heterocycles. The SMILES string of the molecule is C[C@@H]1CC(c2ccc(C#N)c3ncccc23)CN(C(=O)NC2CCN(C)CC2)C1. The minimum absolute atomic E-state index is 0.0622. The average molecular weight is 392 g/mol. The molecule has 1 aromatic heterocycles. The second-order valence-corrected chi connectivity index (χ2v) is 8.68. The Kier molecular flexibility index (Phi) is 5.68. The molecule has 152 valence electrons. The zero-order valence-electron chi connectivity index (χ0n) is 17.3. The van der Waals surface area contributed by atoms with Crippen molar-refractivity contribution in [1.82, 2.24) is 20.1 Å². The molecular weight excluding hydrogens is 362 g/mol. The lowest BCUT2D eigenvalue weighted by Gasteiger charge is -2.38. The predicted octanol–water partition coefficient (Wildman–Crippen LogP) is 3.34. The zero-order valence-corrected chi connectivity index (χ0v) is 17.3. The number of carbonyl (C=O) groups excluding carboxylic acids is 1. The summed E-state index contributed by atoms with van der Waals surface area (Å²) in [5.41, 5.74) is 2.55. The monoisotopic (exact) mass is 391 g/mol. The normalized spacial score (nSPS) is 23.7. The Balaban J connectivity index is 1.53. The first-order chi connectivity index (χ1) is 14.0. The number of pyridine rings is 1. The zero-order chi connectivity index (χ0) is 20.4. The summed E-state index contributed by atoms with van der Waals surface area (Å²) in [5.74, 6) is 0.681. The first-order valence-corrected chi connectivity index (χ1v) is 10.6. The van der Waals surface area contributed by atoms with Crippen LogP contribution < -0.4 is 5.32 Å². The summed E-state index contributed by atoms with van der Waals surface area (Å²) < 4.78 is 0. The highest BCUT2D eigenvalue weighted by Crippen LogP contribution is 2.34. The van der Waals surface area contributed by atoms with E-state index >= 15 is 0 Å². The quantitative estimate of drug-likeness (QED) is 0.852. The van der Waals surface area contributed by atoms with E-state index in [2.05, 4.69) is 41.3 Å². The summed E-state index contributed by atoms with van der Waals surface area (Å²) in [5, 5.41) is 13.7. The van der Waals surface area contributed by atoms with E-state index in [-0.39, 0.29) is 18.0 Å². The molecule has 3 heterocycles. The third-order valence-electron chi connectivity index (χ3n) is 6.36. The van der Waals surface area contributed by atoms with Gasteiger partial charge in [-0.05, 0) is 63.0 Å². The van der Waals surface area contributed by atoms with Crippen LogP contribution in [-0.2, 0) is 0 Å². The average Bonchev–Trinajstić information content (AvgIpc) is 2.74. The molecule has 0 radical (unpaired) electrons. The molecule has 4 rings (SSSR count). The van der Waals surface area contributed by atoms with Crippen LogP contribution in [0.4, 0.5) is 4.79 Å². The summed E-state index contributed by atoms with van der Waals surface area (Å²) in [6.07, 6.45) is 4.80. The molecule has 0 saturated carbocycles. The van der Waals surface area contributed by atoms with Gasteiger partial charge in [0.05, 0.1) is 11.1 Å². The Morgan fingerprint density at radius 2 is 2.03 bits per heavy atom. The highest BCUT2D eigenvalue weighted by atomic mass is 16.2. The fourth-order valence-electron chi connectivity index (χ4n) is 4.80. The van der Waals surface area contributed by atoms with Gasteiger partial charge < -0.3 is 15.1 Å². The molecule has 0 aliphatic carbocycles. The van der Waals surface area contributed by atoms with Crippen molar-refractivity contribution >= 4 is 16.9 Å². The van der Waals surface area contributed by atoms with E-state index in [9.17, 15) is 10.1 Å². The summed E-state index contributed by atoms with van der Waals surface area (Å²) in [7, 11) is 2.13. The van der Waals surface area contributed by atoms with Gasteiger partial charge in [-0.15, -0.1) is 0 Å². The van der Waals surface area contributed by atoms with Gasteiger partial charge in [0.2, 0.25) is 0 Å². The minimum Gasteiger partial charge on any atom is -0.335 e. The number of fused-ring (bicyclic) bond motifs is 1. The Labute approximate surface area is 172 Å². The van der Waals surface area contributed by atoms with Gasteiger partial charge in [0.15, 0.2) is 0 Å². The second kappa shape index (κ2) is 8.38. The number of nitrogens with zero attached hydrogens (tertiary/aromatic N) is 4. The number of hydrogen-bond acceptors (Lipinski definition) is 4. The van der Waals surface area contributed by atoms with Crippen molar-refractivity contribution in [3.05, 3.63) is 41.6 Å². The molecule has 6 heteroatoms. The van der Waals surface area contributed by atoms with Gasteiger partial charge >= 0.3 is 6.03 Å². The van der Waals surface area contributed by atoms with E-state index in [0.717, 1.165) is 49.8 Å². The highest BCUT2D eigenvalue weighted by molar-refractivity contribution is 5.87. The number of nitriles is 1. The third kappa shape index (κ3) is 4.20. The van der Waals surface area contributed by atoms with Crippen LogP contribution in [0, 0.1) is 17.2 Å². The summed E-state index contributed by atoms with van der Waals surface area (Å²) >= 11 is 0. The molecule has 2 aromatic rings. The summed E-state index contributed by atoms with van der Waals surface area (Å²) in [6, 6.07) is 10.5. The fraction of sp³-hybridized carbons (Fsp3) is 0.522. The van der Waals surface area contributed by atoms with Crippen LogP contribution in [0.5, 0.6) is 0 Å². The molecule has 0 spiro atoms. The molecule has 2 atom stereocenters. The number of piperidine rings is 2. The molecular formula is C23H29N5O. The van der Waals surface area contributed by atoms with Gasteiger partial charge in [-0.3, -0.25) is 4.98 Å². The van der Waals surface area contributed by atoms with Gasteiger partial charge in [-0.1, -0.05) is 19.1 Å². The maximum Gasteiger partial charge on any atom is 0.317 e. The third-order valence-corrected chi connectivity index (χ3v) is 6.36. The Morgan fingerprint density at radius 1 is 1.24 bits per heavy atom. The van der Waals surface area contributed by atoms with Crippen LogP contribution >= 0.6 is 0 Å². The van der Waals surface area contributed by atoms with Gasteiger partial charge in [0.25, 0.3) is 0 Å². The molecule has 1 N–H and O–H groups in total. The standard InChI is InChI=1S/C23H29N5O/c1-16-12-18(20-6-5-17(13-24)22-21(20)4-3-9-25-22)15-28(14-16)23(29)26-19-7-10-27(2)11-8-19/h3-6,9,16,18-19H,7-8,10-12,14-15H2,1-2H3,(H,26,29)/t16-,18?/m1/s1. The van der Waals surface area contributed by atoms with Gasteiger partial charge in [0, 0.05) is 36.6 Å². The number of benzene rings is 1. The number of hydrogen-bond donors (Lipinski definition) is 1. The van der Waals surface area contributed by atoms with Crippen molar-refractivity contribution in [3.8, 4) is 6.07 Å². The van der Waals surface area contributed by atoms with E-state index in [0.29, 0.717) is 18.0 Å². The number of aromatic nitrogens is 1. The second-order valence-electron chi connectivity index (χ2n) is 8.68. The fourth-order valence-corrected chi connectivity index (χ4v) is 4.80. The van der Waals surface area contributed by atoms with Crippen LogP contribution in [0.15, 0.2) is 30.5 Å². The molecule has 2 saturated heterocycles. The number of carbonyl (C=O) groups is 1. The van der Waals surface area contributed by atoms with Crippen molar-refractivity contribution in [2.24, 2.45) is 5.92 Å². The van der Waals surface area contributed by atoms with E-state index < -0.39 is 0 Å². The van der Waals surface area contributed by atoms with E-state index in [1.54, 1.807) is 6.20 Å². The van der Waals surface area contributed by atoms with Gasteiger partial charge in [0.1, 0.15) is 6.07 Å². The van der Waals surface area contributed by atoms with E-state index in [1.807, 2.05) is 23.1 Å². The lowest BCUT2D eigenvalue weighted by Crippen LogP contribution is -2.52. The number of urea groups is 1. The molecule has 0 bridgehead atoms. The number of rotatable bonds is 2. The summed E-state index contributed by atoms with van der Waals surface area (Å²) in [6.45, 7) is 5.79.